The van der Waals surface area contributed by atoms with Crippen LogP contribution in [0.3, 0.4) is 0 Å². The maximum atomic E-state index is 11.4. The van der Waals surface area contributed by atoms with Crippen LogP contribution < -0.4 is 18.9 Å². The van der Waals surface area contributed by atoms with Crippen molar-refractivity contribution in [2.24, 2.45) is 0 Å². The van der Waals surface area contributed by atoms with E-state index < -0.39 is 12.2 Å². The maximum Gasteiger partial charge on any atom is 0.231 e. The lowest BCUT2D eigenvalue weighted by atomic mass is 9.74. The Kier molecular flexibility index (Phi) is 7.04. The van der Waals surface area contributed by atoms with Crippen molar-refractivity contribution in [2.45, 2.75) is 63.6 Å². The Labute approximate surface area is 266 Å². The number of ether oxygens (including phenoxy) is 8. The molecule has 0 bridgehead atoms. The van der Waals surface area contributed by atoms with Crippen LogP contribution in [0.2, 0.25) is 0 Å². The van der Waals surface area contributed by atoms with E-state index in [1.54, 1.807) is 20.3 Å². The molecule has 0 amide bonds. The summed E-state index contributed by atoms with van der Waals surface area (Å²) in [6.45, 7) is 4.41. The minimum Gasteiger partial charge on any atom is -0.504 e. The van der Waals surface area contributed by atoms with Gasteiger partial charge in [-0.15, -0.1) is 0 Å². The van der Waals surface area contributed by atoms with Crippen LogP contribution in [0.1, 0.15) is 66.7 Å². The van der Waals surface area contributed by atoms with E-state index in [1.807, 2.05) is 43.3 Å². The van der Waals surface area contributed by atoms with Crippen molar-refractivity contribution in [3.63, 3.8) is 0 Å². The molecule has 10 heteroatoms. The summed E-state index contributed by atoms with van der Waals surface area (Å²) in [5, 5.41) is 22.7. The predicted molar refractivity (Wildman–Crippen MR) is 165 cm³/mol. The van der Waals surface area contributed by atoms with Gasteiger partial charge in [0.25, 0.3) is 0 Å². The first-order valence-electron chi connectivity index (χ1n) is 15.6. The topological polar surface area (TPSA) is 114 Å². The number of hydrogen-bond donors (Lipinski definition) is 2. The number of rotatable bonds is 5. The third kappa shape index (κ3) is 4.58. The number of aromatic hydroxyl groups is 2. The van der Waals surface area contributed by atoms with Crippen molar-refractivity contribution < 1.29 is 48.1 Å². The lowest BCUT2D eigenvalue weighted by molar-refractivity contribution is -0.00183. The summed E-state index contributed by atoms with van der Waals surface area (Å²) in [5.74, 6) is 3.01. The van der Waals surface area contributed by atoms with Gasteiger partial charge >= 0.3 is 0 Å². The molecule has 4 heterocycles. The van der Waals surface area contributed by atoms with Crippen molar-refractivity contribution in [1.29, 1.82) is 0 Å². The fraction of sp³-hybridized carbons (Fsp3) is 0.389. The maximum absolute atomic E-state index is 11.4. The van der Waals surface area contributed by atoms with Gasteiger partial charge in [-0.3, -0.25) is 0 Å². The van der Waals surface area contributed by atoms with Crippen molar-refractivity contribution in [3.05, 3.63) is 87.2 Å². The summed E-state index contributed by atoms with van der Waals surface area (Å²) in [7, 11) is 3.37. The Morgan fingerprint density at radius 2 is 1.30 bits per heavy atom. The van der Waals surface area contributed by atoms with Gasteiger partial charge in [0.1, 0.15) is 18.0 Å². The molecule has 1 saturated heterocycles. The van der Waals surface area contributed by atoms with Crippen LogP contribution >= 0.6 is 0 Å². The number of phenols is 2. The molecular weight excluding hydrogens is 592 g/mol. The second-order valence-corrected chi connectivity index (χ2v) is 12.3. The molecule has 46 heavy (non-hydrogen) atoms. The zero-order valence-corrected chi connectivity index (χ0v) is 26.1. The van der Waals surface area contributed by atoms with Gasteiger partial charge in [-0.25, -0.2) is 0 Å². The number of benzene rings is 3. The third-order valence-corrected chi connectivity index (χ3v) is 9.54. The standard InChI is InChI=1S/C36H36O10/c1-17-9-21-22(13-24(37)34(38)33(21)36(46-17)20-6-8-26-28(12-20)44-16-42-26)31-23-10-18(2)45-35(32(23)30(40-4)14-29(31)39-3)19-5-7-25-27(11-19)43-15-41-25/h5-8,11-13,17-18,29,35-38H,9-10,14-16H2,1-4H3/t17-,18-,29?,35?,36?/m0/s1. The van der Waals surface area contributed by atoms with Crippen LogP contribution in [0.15, 0.2) is 59.4 Å². The van der Waals surface area contributed by atoms with Gasteiger partial charge in [-0.1, -0.05) is 12.1 Å². The van der Waals surface area contributed by atoms with Crippen LogP contribution in [0.4, 0.5) is 0 Å². The van der Waals surface area contributed by atoms with Crippen molar-refractivity contribution in [3.8, 4) is 34.5 Å². The highest BCUT2D eigenvalue weighted by molar-refractivity contribution is 5.83. The molecule has 0 spiro atoms. The molecule has 0 saturated carbocycles. The SMILES string of the molecule is COC1=C2C(=C(c3cc(O)c(O)c4c3C[C@H](C)OC4c3ccc4c(c3)OCO4)C(OC)C1)C[C@H](C)OC2c1ccc2c(c1)OCO2. The molecule has 240 valence electrons. The lowest BCUT2D eigenvalue weighted by Crippen LogP contribution is -2.33. The van der Waals surface area contributed by atoms with Gasteiger partial charge in [0.05, 0.1) is 25.4 Å². The number of hydrogen-bond acceptors (Lipinski definition) is 10. The van der Waals surface area contributed by atoms with Crippen molar-refractivity contribution in [2.75, 3.05) is 27.8 Å². The molecule has 4 aliphatic heterocycles. The highest BCUT2D eigenvalue weighted by Gasteiger charge is 2.43. The highest BCUT2D eigenvalue weighted by Crippen LogP contribution is 2.54. The molecule has 10 nitrogen and oxygen atoms in total. The molecule has 1 aliphatic carbocycles. The second-order valence-electron chi connectivity index (χ2n) is 12.3. The van der Waals surface area contributed by atoms with E-state index in [4.69, 9.17) is 37.9 Å². The van der Waals surface area contributed by atoms with E-state index >= 15 is 0 Å². The van der Waals surface area contributed by atoms with Crippen molar-refractivity contribution in [1.82, 2.24) is 0 Å². The third-order valence-electron chi connectivity index (χ3n) is 9.54. The van der Waals surface area contributed by atoms with Crippen molar-refractivity contribution >= 4 is 5.57 Å². The Bertz CT molecular complexity index is 1790. The summed E-state index contributed by atoms with van der Waals surface area (Å²) in [6.07, 6.45) is -0.161. The Morgan fingerprint density at radius 3 is 1.96 bits per heavy atom. The van der Waals surface area contributed by atoms with Gasteiger partial charge in [-0.05, 0) is 90.4 Å². The lowest BCUT2D eigenvalue weighted by Gasteiger charge is -2.41. The zero-order chi connectivity index (χ0) is 31.7. The van der Waals surface area contributed by atoms with Crippen LogP contribution in [0, 0.1) is 0 Å². The molecule has 5 atom stereocenters. The summed E-state index contributed by atoms with van der Waals surface area (Å²) >= 11 is 0. The first-order chi connectivity index (χ1) is 22.3. The molecule has 1 fully saturated rings. The van der Waals surface area contributed by atoms with Gasteiger partial charge in [0.15, 0.2) is 34.5 Å². The Morgan fingerprint density at radius 1 is 0.696 bits per heavy atom. The molecule has 5 aliphatic rings. The minimum absolute atomic E-state index is 0.136. The Balaban J connectivity index is 1.33. The summed E-state index contributed by atoms with van der Waals surface area (Å²) in [6, 6.07) is 13.2. The number of methoxy groups -OCH3 is 2. The zero-order valence-electron chi connectivity index (χ0n) is 26.1. The smallest absolute Gasteiger partial charge is 0.231 e. The molecule has 2 N–H and O–H groups in total. The van der Waals surface area contributed by atoms with Gasteiger partial charge < -0.3 is 48.1 Å². The largest absolute Gasteiger partial charge is 0.504 e. The summed E-state index contributed by atoms with van der Waals surface area (Å²) in [5.41, 5.74) is 6.90. The van der Waals surface area contributed by atoms with E-state index in [0.717, 1.165) is 44.7 Å². The fourth-order valence-corrected chi connectivity index (χ4v) is 7.52. The van der Waals surface area contributed by atoms with Crippen LogP contribution in [0.5, 0.6) is 34.5 Å². The second kappa shape index (κ2) is 11.2. The van der Waals surface area contributed by atoms with Gasteiger partial charge in [0.2, 0.25) is 13.6 Å². The number of phenolic OH excluding ortho intramolecular Hbond substituents is 2. The van der Waals surface area contributed by atoms with Gasteiger partial charge in [0, 0.05) is 24.7 Å². The molecule has 0 aromatic heterocycles. The summed E-state index contributed by atoms with van der Waals surface area (Å²) < 4.78 is 47.8. The van der Waals surface area contributed by atoms with E-state index in [2.05, 4.69) is 6.92 Å². The first-order valence-corrected chi connectivity index (χ1v) is 15.6. The number of fused-ring (bicyclic) bond motifs is 4. The minimum atomic E-state index is -0.645. The molecule has 0 radical (unpaired) electrons. The first kappa shape index (κ1) is 29.1. The predicted octanol–water partition coefficient (Wildman–Crippen LogP) is 6.23. The van der Waals surface area contributed by atoms with E-state index in [1.165, 1.54) is 0 Å². The fourth-order valence-electron chi connectivity index (χ4n) is 7.52. The monoisotopic (exact) mass is 628 g/mol. The molecule has 8 rings (SSSR count). The quantitative estimate of drug-likeness (QED) is 0.315. The van der Waals surface area contributed by atoms with Crippen LogP contribution in [-0.2, 0) is 25.4 Å². The molecule has 3 unspecified atom stereocenters. The average Bonchev–Trinajstić information content (AvgIpc) is 3.74. The highest BCUT2D eigenvalue weighted by atomic mass is 16.7. The van der Waals surface area contributed by atoms with Crippen LogP contribution in [-0.4, -0.2) is 56.3 Å². The molecule has 3 aromatic carbocycles. The van der Waals surface area contributed by atoms with E-state index in [9.17, 15) is 10.2 Å². The average molecular weight is 629 g/mol. The van der Waals surface area contributed by atoms with Crippen LogP contribution in [0.25, 0.3) is 5.57 Å². The normalized spacial score (nSPS) is 26.2. The summed E-state index contributed by atoms with van der Waals surface area (Å²) in [4.78, 5) is 0. The molecular formula is C36H36O10. The molecule has 3 aromatic rings. The van der Waals surface area contributed by atoms with Gasteiger partial charge in [-0.2, -0.15) is 0 Å². The van der Waals surface area contributed by atoms with E-state index in [0.29, 0.717) is 47.8 Å². The Hall–Kier alpha value is -4.38. The van der Waals surface area contributed by atoms with E-state index in [-0.39, 0.29) is 43.4 Å².